The molecule has 1 aromatic carbocycles. The number of hydrogen-bond acceptors (Lipinski definition) is 6. The Hall–Kier alpha value is -1.32. The highest BCUT2D eigenvalue weighted by Crippen LogP contribution is 2.19. The number of nitrogens with two attached hydrogens (primary N) is 1. The number of sulfonamides is 1. The molecular formula is C12H20N2O5S2. The number of ether oxygens (including phenoxy) is 1. The number of para-hydroxylation sites is 2. The highest BCUT2D eigenvalue weighted by molar-refractivity contribution is 7.91. The molecule has 0 fully saturated rings. The first-order valence-corrected chi connectivity index (χ1v) is 9.88. The highest BCUT2D eigenvalue weighted by Gasteiger charge is 2.13. The molecule has 0 bridgehead atoms. The number of hydrogen-bond donors (Lipinski definition) is 2. The molecule has 0 aliphatic rings. The molecule has 0 saturated heterocycles. The molecule has 0 aliphatic carbocycles. The maximum absolute atomic E-state index is 11.7. The summed E-state index contributed by atoms with van der Waals surface area (Å²) in [4.78, 5) is 0. The van der Waals surface area contributed by atoms with Gasteiger partial charge in [-0.1, -0.05) is 19.1 Å². The predicted octanol–water partition coefficient (Wildman–Crippen LogP) is 0.00170. The van der Waals surface area contributed by atoms with Crippen molar-refractivity contribution in [3.63, 3.8) is 0 Å². The van der Waals surface area contributed by atoms with Crippen molar-refractivity contribution in [1.29, 1.82) is 0 Å². The zero-order chi connectivity index (χ0) is 15.9. The molecule has 3 N–H and O–H groups in total. The smallest absolute Gasteiger partial charge is 0.214 e. The van der Waals surface area contributed by atoms with Crippen molar-refractivity contribution in [2.45, 2.75) is 6.92 Å². The average Bonchev–Trinajstić information content (AvgIpc) is 2.40. The van der Waals surface area contributed by atoms with E-state index in [1.807, 2.05) is 0 Å². The van der Waals surface area contributed by atoms with Crippen LogP contribution in [0.5, 0.6) is 5.75 Å². The number of nitrogens with one attached hydrogen (secondary N) is 1. The molecule has 0 saturated carbocycles. The molecule has 0 aromatic heterocycles. The number of rotatable bonds is 9. The summed E-state index contributed by atoms with van der Waals surface area (Å²) >= 11 is 0. The van der Waals surface area contributed by atoms with E-state index in [4.69, 9.17) is 10.5 Å². The summed E-state index contributed by atoms with van der Waals surface area (Å²) in [5.74, 6) is -0.0744. The maximum Gasteiger partial charge on any atom is 0.214 e. The Labute approximate surface area is 125 Å². The van der Waals surface area contributed by atoms with Gasteiger partial charge in [0.15, 0.2) is 9.84 Å². The Morgan fingerprint density at radius 2 is 1.81 bits per heavy atom. The molecule has 7 nitrogen and oxygen atoms in total. The van der Waals surface area contributed by atoms with Crippen LogP contribution in [0, 0.1) is 0 Å². The number of nitrogen functional groups attached to an aromatic ring is 1. The van der Waals surface area contributed by atoms with E-state index in [2.05, 4.69) is 4.72 Å². The molecule has 0 aliphatic heterocycles. The van der Waals surface area contributed by atoms with E-state index in [-0.39, 0.29) is 30.4 Å². The van der Waals surface area contributed by atoms with Gasteiger partial charge in [0.2, 0.25) is 10.0 Å². The predicted molar refractivity (Wildman–Crippen MR) is 82.5 cm³/mol. The van der Waals surface area contributed by atoms with Crippen molar-refractivity contribution in [3.8, 4) is 5.75 Å². The SMILES string of the molecule is CCS(=O)(=O)CCNS(=O)(=O)CCOc1ccccc1N. The van der Waals surface area contributed by atoms with Crippen LogP contribution in [-0.2, 0) is 19.9 Å². The van der Waals surface area contributed by atoms with E-state index in [0.29, 0.717) is 11.4 Å². The number of sulfone groups is 1. The van der Waals surface area contributed by atoms with Crippen LogP contribution < -0.4 is 15.2 Å². The Morgan fingerprint density at radius 1 is 1.14 bits per heavy atom. The summed E-state index contributed by atoms with van der Waals surface area (Å²) in [6.45, 7) is 1.32. The number of benzene rings is 1. The van der Waals surface area contributed by atoms with E-state index in [9.17, 15) is 16.8 Å². The van der Waals surface area contributed by atoms with Crippen LogP contribution in [0.2, 0.25) is 0 Å². The van der Waals surface area contributed by atoms with Crippen molar-refractivity contribution in [1.82, 2.24) is 4.72 Å². The average molecular weight is 336 g/mol. The monoisotopic (exact) mass is 336 g/mol. The van der Waals surface area contributed by atoms with E-state index in [1.165, 1.54) is 6.92 Å². The van der Waals surface area contributed by atoms with Crippen LogP contribution in [0.15, 0.2) is 24.3 Å². The summed E-state index contributed by atoms with van der Waals surface area (Å²) in [5, 5.41) is 0. The molecule has 0 radical (unpaired) electrons. The van der Waals surface area contributed by atoms with E-state index >= 15 is 0 Å². The third-order valence-electron chi connectivity index (χ3n) is 2.70. The molecule has 0 spiro atoms. The molecule has 120 valence electrons. The lowest BCUT2D eigenvalue weighted by atomic mass is 10.3. The van der Waals surface area contributed by atoms with Crippen molar-refractivity contribution >= 4 is 25.5 Å². The fourth-order valence-corrected chi connectivity index (χ4v) is 3.13. The van der Waals surface area contributed by atoms with Gasteiger partial charge in [0.25, 0.3) is 0 Å². The van der Waals surface area contributed by atoms with E-state index < -0.39 is 19.9 Å². The minimum absolute atomic E-state index is 0.00881. The van der Waals surface area contributed by atoms with Gasteiger partial charge in [0, 0.05) is 12.3 Å². The molecule has 0 amide bonds. The zero-order valence-electron chi connectivity index (χ0n) is 11.8. The van der Waals surface area contributed by atoms with Gasteiger partial charge in [-0.2, -0.15) is 0 Å². The quantitative estimate of drug-likeness (QED) is 0.613. The third kappa shape index (κ3) is 6.78. The zero-order valence-corrected chi connectivity index (χ0v) is 13.4. The van der Waals surface area contributed by atoms with Crippen LogP contribution >= 0.6 is 0 Å². The van der Waals surface area contributed by atoms with Gasteiger partial charge in [-0.3, -0.25) is 0 Å². The Balaban J connectivity index is 2.38. The fraction of sp³-hybridized carbons (Fsp3) is 0.500. The molecule has 1 rings (SSSR count). The summed E-state index contributed by atoms with van der Waals surface area (Å²) in [5.41, 5.74) is 6.08. The van der Waals surface area contributed by atoms with Crippen LogP contribution in [0.3, 0.4) is 0 Å². The van der Waals surface area contributed by atoms with Crippen molar-refractivity contribution < 1.29 is 21.6 Å². The van der Waals surface area contributed by atoms with Crippen LogP contribution in [0.4, 0.5) is 5.69 Å². The largest absolute Gasteiger partial charge is 0.490 e. The van der Waals surface area contributed by atoms with Gasteiger partial charge in [-0.15, -0.1) is 0 Å². The first-order chi connectivity index (χ1) is 9.76. The Kier molecular flexibility index (Phi) is 6.43. The van der Waals surface area contributed by atoms with Gasteiger partial charge in [0.05, 0.1) is 17.2 Å². The second-order valence-corrected chi connectivity index (χ2v) is 8.74. The fourth-order valence-electron chi connectivity index (χ4n) is 1.44. The second kappa shape index (κ2) is 7.62. The molecule has 0 unspecified atom stereocenters. The first kappa shape index (κ1) is 17.7. The van der Waals surface area contributed by atoms with Crippen molar-refractivity contribution in [2.75, 3.05) is 36.1 Å². The summed E-state index contributed by atoms with van der Waals surface area (Å²) in [7, 11) is -6.76. The van der Waals surface area contributed by atoms with Gasteiger partial charge in [0.1, 0.15) is 12.4 Å². The van der Waals surface area contributed by atoms with Crippen LogP contribution in [0.1, 0.15) is 6.92 Å². The molecule has 9 heteroatoms. The van der Waals surface area contributed by atoms with Crippen molar-refractivity contribution in [2.24, 2.45) is 0 Å². The van der Waals surface area contributed by atoms with Gasteiger partial charge in [-0.05, 0) is 12.1 Å². The maximum atomic E-state index is 11.7. The molecular weight excluding hydrogens is 316 g/mol. The molecule has 0 heterocycles. The van der Waals surface area contributed by atoms with Gasteiger partial charge < -0.3 is 10.5 Å². The lowest BCUT2D eigenvalue weighted by Crippen LogP contribution is -2.33. The normalized spacial score (nSPS) is 12.2. The van der Waals surface area contributed by atoms with Crippen LogP contribution in [0.25, 0.3) is 0 Å². The molecule has 0 atom stereocenters. The Morgan fingerprint density at radius 3 is 2.43 bits per heavy atom. The van der Waals surface area contributed by atoms with Crippen molar-refractivity contribution in [3.05, 3.63) is 24.3 Å². The summed E-state index contributed by atoms with van der Waals surface area (Å²) in [6.07, 6.45) is 0. The van der Waals surface area contributed by atoms with E-state index in [1.54, 1.807) is 24.3 Å². The van der Waals surface area contributed by atoms with Gasteiger partial charge >= 0.3 is 0 Å². The highest BCUT2D eigenvalue weighted by atomic mass is 32.2. The minimum Gasteiger partial charge on any atom is -0.490 e. The Bertz CT molecular complexity index is 656. The molecule has 1 aromatic rings. The number of anilines is 1. The summed E-state index contributed by atoms with van der Waals surface area (Å²) in [6, 6.07) is 6.77. The second-order valence-electron chi connectivity index (χ2n) is 4.34. The van der Waals surface area contributed by atoms with Gasteiger partial charge in [-0.25, -0.2) is 21.6 Å². The summed E-state index contributed by atoms with van der Waals surface area (Å²) < 4.78 is 53.3. The molecule has 21 heavy (non-hydrogen) atoms. The topological polar surface area (TPSA) is 116 Å². The van der Waals surface area contributed by atoms with E-state index in [0.717, 1.165) is 0 Å². The lowest BCUT2D eigenvalue weighted by Gasteiger charge is -2.09. The first-order valence-electron chi connectivity index (χ1n) is 6.41. The third-order valence-corrected chi connectivity index (χ3v) is 5.76. The minimum atomic E-state index is -3.58. The standard InChI is InChI=1S/C12H20N2O5S2/c1-2-20(15,16)9-7-14-21(17,18)10-8-19-12-6-4-3-5-11(12)13/h3-6,14H,2,7-10,13H2,1H3. The lowest BCUT2D eigenvalue weighted by molar-refractivity contribution is 0.342. The van der Waals surface area contributed by atoms with Crippen LogP contribution in [-0.4, -0.2) is 47.2 Å².